The molecule has 0 aliphatic rings. The molecule has 0 aromatic heterocycles. The van der Waals surface area contributed by atoms with Crippen molar-refractivity contribution in [3.63, 3.8) is 0 Å². The molecule has 0 spiro atoms. The van der Waals surface area contributed by atoms with Crippen LogP contribution in [-0.2, 0) is 15.6 Å². The molecule has 0 saturated carbocycles. The zero-order chi connectivity index (χ0) is 12.3. The van der Waals surface area contributed by atoms with Crippen LogP contribution in [0.1, 0.15) is 12.5 Å². The third-order valence-electron chi connectivity index (χ3n) is 2.31. The zero-order valence-electron chi connectivity index (χ0n) is 8.78. The number of hydrogen-bond acceptors (Lipinski definition) is 3. The molecule has 0 aliphatic heterocycles. The fraction of sp³-hybridized carbons (Fsp3) is 0.400. The fourth-order valence-electron chi connectivity index (χ4n) is 1.16. The Kier molecular flexibility index (Phi) is 4.46. The van der Waals surface area contributed by atoms with E-state index in [0.717, 1.165) is 0 Å². The van der Waals surface area contributed by atoms with Gasteiger partial charge in [-0.15, -0.1) is 0 Å². The van der Waals surface area contributed by atoms with Crippen molar-refractivity contribution in [3.05, 3.63) is 34.1 Å². The first-order valence-corrected chi connectivity index (χ1v) is 7.23. The molecule has 0 amide bonds. The lowest BCUT2D eigenvalue weighted by molar-refractivity contribution is 0.576. The van der Waals surface area contributed by atoms with Gasteiger partial charge in [0.05, 0.1) is 11.0 Å². The van der Waals surface area contributed by atoms with Crippen LogP contribution >= 0.6 is 15.9 Å². The summed E-state index contributed by atoms with van der Waals surface area (Å²) in [5.41, 5.74) is 5.46. The van der Waals surface area contributed by atoms with Gasteiger partial charge in [0.1, 0.15) is 5.82 Å². The second-order valence-electron chi connectivity index (χ2n) is 3.59. The number of benzene rings is 1. The molecule has 1 aromatic carbocycles. The van der Waals surface area contributed by atoms with Crippen LogP contribution < -0.4 is 5.73 Å². The molecule has 0 bridgehead atoms. The molecule has 16 heavy (non-hydrogen) atoms. The molecule has 90 valence electrons. The normalized spacial score (nSPS) is 13.8. The molecule has 2 N–H and O–H groups in total. The third kappa shape index (κ3) is 3.26. The maximum atomic E-state index is 13.4. The average molecular weight is 310 g/mol. The van der Waals surface area contributed by atoms with Crippen molar-refractivity contribution in [1.29, 1.82) is 0 Å². The summed E-state index contributed by atoms with van der Waals surface area (Å²) in [7, 11) is -3.39. The van der Waals surface area contributed by atoms with Crippen LogP contribution in [0.25, 0.3) is 0 Å². The van der Waals surface area contributed by atoms with Gasteiger partial charge in [-0.3, -0.25) is 0 Å². The van der Waals surface area contributed by atoms with E-state index in [1.54, 1.807) is 0 Å². The van der Waals surface area contributed by atoms with Gasteiger partial charge in [0.25, 0.3) is 0 Å². The van der Waals surface area contributed by atoms with Gasteiger partial charge in [0.15, 0.2) is 9.84 Å². The second-order valence-corrected chi connectivity index (χ2v) is 6.92. The minimum atomic E-state index is -3.39. The Morgan fingerprint density at radius 2 is 2.12 bits per heavy atom. The number of rotatable bonds is 4. The van der Waals surface area contributed by atoms with Gasteiger partial charge in [-0.05, 0) is 25.1 Å². The van der Waals surface area contributed by atoms with Crippen LogP contribution in [-0.4, -0.2) is 20.2 Å². The highest BCUT2D eigenvalue weighted by Crippen LogP contribution is 2.19. The molecule has 1 rings (SSSR count). The molecular weight excluding hydrogens is 297 g/mol. The monoisotopic (exact) mass is 309 g/mol. The van der Waals surface area contributed by atoms with Gasteiger partial charge in [-0.25, -0.2) is 12.8 Å². The Hall–Kier alpha value is -0.460. The Bertz CT molecular complexity index is 476. The van der Waals surface area contributed by atoms with Crippen molar-refractivity contribution in [2.75, 3.05) is 6.54 Å². The van der Waals surface area contributed by atoms with Crippen LogP contribution in [0.4, 0.5) is 4.39 Å². The molecular formula is C10H13BrFNO2S. The summed E-state index contributed by atoms with van der Waals surface area (Å²) in [5.74, 6) is -0.840. The summed E-state index contributed by atoms with van der Waals surface area (Å²) < 4.78 is 37.5. The van der Waals surface area contributed by atoms with Gasteiger partial charge in [0.2, 0.25) is 0 Å². The summed E-state index contributed by atoms with van der Waals surface area (Å²) in [6, 6.07) is 4.23. The Balaban J connectivity index is 3.01. The lowest BCUT2D eigenvalue weighted by Crippen LogP contribution is -2.28. The minimum absolute atomic E-state index is 0.0396. The molecule has 0 saturated heterocycles. The number of nitrogens with two attached hydrogens (primary N) is 1. The van der Waals surface area contributed by atoms with Crippen molar-refractivity contribution >= 4 is 25.8 Å². The summed E-state index contributed by atoms with van der Waals surface area (Å²) in [5, 5.41) is -0.661. The molecule has 0 aliphatic carbocycles. The predicted octanol–water partition coefficient (Wildman–Crippen LogP) is 1.85. The SMILES string of the molecule is CC(CN)S(=O)(=O)Cc1cc(Br)ccc1F. The van der Waals surface area contributed by atoms with Crippen LogP contribution in [0.15, 0.2) is 22.7 Å². The third-order valence-corrected chi connectivity index (χ3v) is 4.93. The van der Waals surface area contributed by atoms with Gasteiger partial charge >= 0.3 is 0 Å². The van der Waals surface area contributed by atoms with Crippen LogP contribution in [0.5, 0.6) is 0 Å². The molecule has 3 nitrogen and oxygen atoms in total. The van der Waals surface area contributed by atoms with E-state index >= 15 is 0 Å². The van der Waals surface area contributed by atoms with E-state index in [9.17, 15) is 12.8 Å². The molecule has 0 fully saturated rings. The van der Waals surface area contributed by atoms with E-state index in [1.807, 2.05) is 0 Å². The Labute approximate surface area is 103 Å². The van der Waals surface area contributed by atoms with E-state index < -0.39 is 20.9 Å². The maximum absolute atomic E-state index is 13.4. The van der Waals surface area contributed by atoms with Crippen molar-refractivity contribution in [2.45, 2.75) is 17.9 Å². The molecule has 0 heterocycles. The quantitative estimate of drug-likeness (QED) is 0.923. The van der Waals surface area contributed by atoms with Gasteiger partial charge in [-0.1, -0.05) is 15.9 Å². The van der Waals surface area contributed by atoms with Crippen LogP contribution in [0, 0.1) is 5.82 Å². The lowest BCUT2D eigenvalue weighted by atomic mass is 10.2. The topological polar surface area (TPSA) is 60.2 Å². The molecule has 0 radical (unpaired) electrons. The van der Waals surface area contributed by atoms with Gasteiger partial charge in [0, 0.05) is 16.6 Å². The highest BCUT2D eigenvalue weighted by Gasteiger charge is 2.21. The molecule has 1 unspecified atom stereocenters. The first-order valence-electron chi connectivity index (χ1n) is 4.72. The number of hydrogen-bond donors (Lipinski definition) is 1. The number of halogens is 2. The highest BCUT2D eigenvalue weighted by atomic mass is 79.9. The zero-order valence-corrected chi connectivity index (χ0v) is 11.2. The van der Waals surface area contributed by atoms with Crippen molar-refractivity contribution in [3.8, 4) is 0 Å². The summed E-state index contributed by atoms with van der Waals surface area (Å²) in [6.45, 7) is 1.56. The van der Waals surface area contributed by atoms with Crippen LogP contribution in [0.3, 0.4) is 0 Å². The highest BCUT2D eigenvalue weighted by molar-refractivity contribution is 9.10. The first kappa shape index (κ1) is 13.6. The van der Waals surface area contributed by atoms with E-state index in [2.05, 4.69) is 15.9 Å². The molecule has 6 heteroatoms. The standard InChI is InChI=1S/C10H13BrFNO2S/c1-7(5-13)16(14,15)6-8-4-9(11)2-3-10(8)12/h2-4,7H,5-6,13H2,1H3. The first-order chi connectivity index (χ1) is 7.36. The Morgan fingerprint density at radius 3 is 2.69 bits per heavy atom. The van der Waals surface area contributed by atoms with Crippen molar-refractivity contribution in [1.82, 2.24) is 0 Å². The maximum Gasteiger partial charge on any atom is 0.158 e. The van der Waals surface area contributed by atoms with E-state index in [4.69, 9.17) is 5.73 Å². The van der Waals surface area contributed by atoms with E-state index in [0.29, 0.717) is 4.47 Å². The van der Waals surface area contributed by atoms with E-state index in [-0.39, 0.29) is 17.9 Å². The Morgan fingerprint density at radius 1 is 1.50 bits per heavy atom. The average Bonchev–Trinajstić information content (AvgIpc) is 2.22. The van der Waals surface area contributed by atoms with Gasteiger partial charge < -0.3 is 5.73 Å². The van der Waals surface area contributed by atoms with Crippen LogP contribution in [0.2, 0.25) is 0 Å². The summed E-state index contributed by atoms with van der Waals surface area (Å²) in [6.07, 6.45) is 0. The largest absolute Gasteiger partial charge is 0.329 e. The summed E-state index contributed by atoms with van der Waals surface area (Å²) >= 11 is 3.17. The smallest absolute Gasteiger partial charge is 0.158 e. The van der Waals surface area contributed by atoms with Crippen molar-refractivity contribution in [2.24, 2.45) is 5.73 Å². The predicted molar refractivity (Wildman–Crippen MR) is 65.2 cm³/mol. The summed E-state index contributed by atoms with van der Waals surface area (Å²) in [4.78, 5) is 0. The minimum Gasteiger partial charge on any atom is -0.329 e. The molecule has 1 aromatic rings. The lowest BCUT2D eigenvalue weighted by Gasteiger charge is -2.11. The molecule has 1 atom stereocenters. The number of sulfone groups is 1. The van der Waals surface area contributed by atoms with Gasteiger partial charge in [-0.2, -0.15) is 0 Å². The fourth-order valence-corrected chi connectivity index (χ4v) is 2.80. The van der Waals surface area contributed by atoms with E-state index in [1.165, 1.54) is 25.1 Å². The van der Waals surface area contributed by atoms with Crippen molar-refractivity contribution < 1.29 is 12.8 Å². The second kappa shape index (κ2) is 5.25.